The van der Waals surface area contributed by atoms with E-state index in [9.17, 15) is 14.4 Å². The summed E-state index contributed by atoms with van der Waals surface area (Å²) in [5.41, 5.74) is 4.96. The molecule has 1 saturated carbocycles. The lowest BCUT2D eigenvalue weighted by Gasteiger charge is -2.17. The van der Waals surface area contributed by atoms with Gasteiger partial charge in [-0.25, -0.2) is 9.59 Å². The summed E-state index contributed by atoms with van der Waals surface area (Å²) < 4.78 is 5.19. The quantitative estimate of drug-likeness (QED) is 0.504. The molecule has 8 nitrogen and oxygen atoms in total. The van der Waals surface area contributed by atoms with E-state index in [2.05, 4.69) is 10.6 Å². The standard InChI is InChI=1S/C12H21N3O5/c1-20-8-3-2-7(6-8)14-12(19)15-9(11(17)18)4-5-10(13)16/h7-9H,2-6H2,1H3,(H2,13,16)(H,17,18)(H2,14,15,19)/t7?,8?,9-/m0/s1. The summed E-state index contributed by atoms with van der Waals surface area (Å²) in [6, 6.07) is -1.70. The largest absolute Gasteiger partial charge is 0.480 e. The van der Waals surface area contributed by atoms with Crippen LogP contribution in [0.3, 0.4) is 0 Å². The number of nitrogens with two attached hydrogens (primary N) is 1. The van der Waals surface area contributed by atoms with Crippen LogP contribution < -0.4 is 16.4 Å². The predicted octanol–water partition coefficient (Wildman–Crippen LogP) is -0.428. The minimum absolute atomic E-state index is 0.0227. The third-order valence-corrected chi connectivity index (χ3v) is 3.34. The van der Waals surface area contributed by atoms with Crippen LogP contribution in [-0.4, -0.2) is 48.3 Å². The summed E-state index contributed by atoms with van der Waals surface area (Å²) in [6.45, 7) is 0. The van der Waals surface area contributed by atoms with Gasteiger partial charge in [-0.3, -0.25) is 4.79 Å². The molecule has 0 radical (unpaired) electrons. The summed E-state index contributed by atoms with van der Waals surface area (Å²) in [5, 5.41) is 14.0. The molecule has 8 heteroatoms. The number of ether oxygens (including phenoxy) is 1. The van der Waals surface area contributed by atoms with E-state index < -0.39 is 23.9 Å². The maximum absolute atomic E-state index is 11.7. The van der Waals surface area contributed by atoms with Crippen LogP contribution in [0.2, 0.25) is 0 Å². The number of carboxylic acid groups (broad SMARTS) is 1. The molecule has 3 atom stereocenters. The van der Waals surface area contributed by atoms with Gasteiger partial charge in [0, 0.05) is 19.6 Å². The van der Waals surface area contributed by atoms with E-state index in [-0.39, 0.29) is 25.0 Å². The monoisotopic (exact) mass is 287 g/mol. The minimum atomic E-state index is -1.19. The number of methoxy groups -OCH3 is 1. The Hall–Kier alpha value is -1.83. The molecule has 0 saturated heterocycles. The first-order chi connectivity index (χ1) is 9.42. The Kier molecular flexibility index (Phi) is 6.23. The number of carboxylic acids is 1. The first kappa shape index (κ1) is 16.2. The number of hydrogen-bond donors (Lipinski definition) is 4. The van der Waals surface area contributed by atoms with Gasteiger partial charge in [-0.05, 0) is 25.7 Å². The summed E-state index contributed by atoms with van der Waals surface area (Å²) in [4.78, 5) is 33.3. The molecule has 0 aromatic carbocycles. The second-order valence-electron chi connectivity index (χ2n) is 4.88. The van der Waals surface area contributed by atoms with Crippen molar-refractivity contribution in [1.29, 1.82) is 0 Å². The molecule has 1 fully saturated rings. The highest BCUT2D eigenvalue weighted by atomic mass is 16.5. The zero-order chi connectivity index (χ0) is 15.1. The molecule has 0 aromatic heterocycles. The highest BCUT2D eigenvalue weighted by Crippen LogP contribution is 2.21. The molecule has 3 amide bonds. The summed E-state index contributed by atoms with van der Waals surface area (Å²) >= 11 is 0. The van der Waals surface area contributed by atoms with Crippen molar-refractivity contribution in [2.75, 3.05) is 7.11 Å². The van der Waals surface area contributed by atoms with Gasteiger partial charge in [0.15, 0.2) is 0 Å². The summed E-state index contributed by atoms with van der Waals surface area (Å²) in [5.74, 6) is -1.79. The van der Waals surface area contributed by atoms with Crippen LogP contribution in [0.25, 0.3) is 0 Å². The number of hydrogen-bond acceptors (Lipinski definition) is 4. The number of nitrogens with one attached hydrogen (secondary N) is 2. The number of rotatable bonds is 7. The Morgan fingerprint density at radius 2 is 2.10 bits per heavy atom. The predicted molar refractivity (Wildman–Crippen MR) is 70.0 cm³/mol. The van der Waals surface area contributed by atoms with Crippen molar-refractivity contribution >= 4 is 17.9 Å². The van der Waals surface area contributed by atoms with Crippen molar-refractivity contribution in [2.24, 2.45) is 5.73 Å². The van der Waals surface area contributed by atoms with E-state index in [0.717, 1.165) is 12.8 Å². The molecule has 0 heterocycles. The first-order valence-electron chi connectivity index (χ1n) is 6.53. The minimum Gasteiger partial charge on any atom is -0.480 e. The van der Waals surface area contributed by atoms with Gasteiger partial charge in [0.05, 0.1) is 6.10 Å². The SMILES string of the molecule is COC1CCC(NC(=O)N[C@@H](CCC(N)=O)C(=O)O)C1. The summed E-state index contributed by atoms with van der Waals surface area (Å²) in [6.07, 6.45) is 2.39. The van der Waals surface area contributed by atoms with Crippen LogP contribution in [0, 0.1) is 0 Å². The lowest BCUT2D eigenvalue weighted by Crippen LogP contribution is -2.48. The molecule has 114 valence electrons. The Morgan fingerprint density at radius 1 is 1.40 bits per heavy atom. The van der Waals surface area contributed by atoms with E-state index in [1.807, 2.05) is 0 Å². The Balaban J connectivity index is 2.38. The highest BCUT2D eigenvalue weighted by Gasteiger charge is 2.27. The van der Waals surface area contributed by atoms with Gasteiger partial charge in [-0.15, -0.1) is 0 Å². The van der Waals surface area contributed by atoms with Crippen LogP contribution in [0.15, 0.2) is 0 Å². The molecule has 0 bridgehead atoms. The van der Waals surface area contributed by atoms with Gasteiger partial charge < -0.3 is 26.2 Å². The fourth-order valence-corrected chi connectivity index (χ4v) is 2.21. The van der Waals surface area contributed by atoms with Crippen molar-refractivity contribution in [2.45, 2.75) is 50.3 Å². The van der Waals surface area contributed by atoms with Gasteiger partial charge in [-0.2, -0.15) is 0 Å². The first-order valence-corrected chi connectivity index (χ1v) is 6.53. The molecule has 5 N–H and O–H groups in total. The third kappa shape index (κ3) is 5.43. The molecule has 1 aliphatic rings. The van der Waals surface area contributed by atoms with Crippen LogP contribution in [0.1, 0.15) is 32.1 Å². The van der Waals surface area contributed by atoms with Crippen molar-refractivity contribution < 1.29 is 24.2 Å². The number of carbonyl (C=O) groups excluding carboxylic acids is 2. The van der Waals surface area contributed by atoms with Crippen molar-refractivity contribution in [3.05, 3.63) is 0 Å². The van der Waals surface area contributed by atoms with Crippen LogP contribution >= 0.6 is 0 Å². The highest BCUT2D eigenvalue weighted by molar-refractivity contribution is 5.83. The fourth-order valence-electron chi connectivity index (χ4n) is 2.21. The third-order valence-electron chi connectivity index (χ3n) is 3.34. The zero-order valence-electron chi connectivity index (χ0n) is 11.4. The summed E-state index contributed by atoms with van der Waals surface area (Å²) in [7, 11) is 1.62. The molecule has 2 unspecified atom stereocenters. The number of amides is 3. The van der Waals surface area contributed by atoms with Crippen molar-refractivity contribution in [3.63, 3.8) is 0 Å². The second kappa shape index (κ2) is 7.68. The number of carbonyl (C=O) groups is 3. The Bertz CT molecular complexity index is 374. The van der Waals surface area contributed by atoms with Gasteiger partial charge in [0.2, 0.25) is 5.91 Å². The molecule has 1 aliphatic carbocycles. The van der Waals surface area contributed by atoms with Crippen LogP contribution in [-0.2, 0) is 14.3 Å². The van der Waals surface area contributed by atoms with Crippen molar-refractivity contribution in [1.82, 2.24) is 10.6 Å². The topological polar surface area (TPSA) is 131 Å². The Morgan fingerprint density at radius 3 is 2.60 bits per heavy atom. The lowest BCUT2D eigenvalue weighted by atomic mass is 10.1. The van der Waals surface area contributed by atoms with Gasteiger partial charge in [0.25, 0.3) is 0 Å². The fraction of sp³-hybridized carbons (Fsp3) is 0.750. The van der Waals surface area contributed by atoms with Crippen LogP contribution in [0.4, 0.5) is 4.79 Å². The van der Waals surface area contributed by atoms with E-state index in [1.165, 1.54) is 0 Å². The van der Waals surface area contributed by atoms with Crippen LogP contribution in [0.5, 0.6) is 0 Å². The smallest absolute Gasteiger partial charge is 0.326 e. The molecule has 1 rings (SSSR count). The van der Waals surface area contributed by atoms with Gasteiger partial charge in [0.1, 0.15) is 6.04 Å². The van der Waals surface area contributed by atoms with E-state index in [0.29, 0.717) is 6.42 Å². The molecule has 0 aromatic rings. The molecular weight excluding hydrogens is 266 g/mol. The van der Waals surface area contributed by atoms with Gasteiger partial charge >= 0.3 is 12.0 Å². The Labute approximate surface area is 117 Å². The maximum Gasteiger partial charge on any atom is 0.326 e. The maximum atomic E-state index is 11.7. The van der Waals surface area contributed by atoms with Crippen molar-refractivity contribution in [3.8, 4) is 0 Å². The molecule has 0 aliphatic heterocycles. The molecular formula is C12H21N3O5. The average molecular weight is 287 g/mol. The molecule has 0 spiro atoms. The van der Waals surface area contributed by atoms with E-state index in [1.54, 1.807) is 7.11 Å². The normalized spacial score (nSPS) is 23.1. The lowest BCUT2D eigenvalue weighted by molar-refractivity contribution is -0.139. The number of aliphatic carboxylic acids is 1. The number of urea groups is 1. The average Bonchev–Trinajstić information content (AvgIpc) is 2.81. The second-order valence-corrected chi connectivity index (χ2v) is 4.88. The van der Waals surface area contributed by atoms with E-state index >= 15 is 0 Å². The number of primary amides is 1. The van der Waals surface area contributed by atoms with E-state index in [4.69, 9.17) is 15.6 Å². The zero-order valence-corrected chi connectivity index (χ0v) is 11.4. The van der Waals surface area contributed by atoms with Gasteiger partial charge in [-0.1, -0.05) is 0 Å². The molecule has 20 heavy (non-hydrogen) atoms.